The van der Waals surface area contributed by atoms with Crippen LogP contribution >= 0.6 is 0 Å². The van der Waals surface area contributed by atoms with Gasteiger partial charge in [-0.05, 0) is 30.3 Å². The van der Waals surface area contributed by atoms with Crippen molar-refractivity contribution in [3.63, 3.8) is 0 Å². The van der Waals surface area contributed by atoms with Crippen molar-refractivity contribution in [2.75, 3.05) is 66.5 Å². The summed E-state index contributed by atoms with van der Waals surface area (Å²) in [7, 11) is 6.47. The van der Waals surface area contributed by atoms with Crippen LogP contribution < -0.4 is 34.1 Å². The molecule has 1 amide bonds. The topological polar surface area (TPSA) is 74.9 Å². The normalized spacial score (nSPS) is 18.2. The van der Waals surface area contributed by atoms with Crippen LogP contribution in [-0.2, 0) is 11.3 Å². The number of carbonyl (C=O) groups excluding carboxylic acids is 1. The van der Waals surface area contributed by atoms with E-state index in [9.17, 15) is 4.79 Å². The van der Waals surface area contributed by atoms with E-state index in [0.29, 0.717) is 23.7 Å². The fraction of sp³-hybridized carbons (Fsp3) is 0.435. The van der Waals surface area contributed by atoms with Gasteiger partial charge in [0.25, 0.3) is 5.91 Å². The van der Waals surface area contributed by atoms with Crippen molar-refractivity contribution < 1.29 is 33.5 Å². The fourth-order valence-corrected chi connectivity index (χ4v) is 3.94. The zero-order chi connectivity index (χ0) is 22.2. The lowest BCUT2D eigenvalue weighted by atomic mass is 10.1. The lowest BCUT2D eigenvalue weighted by Gasteiger charge is -2.29. The van der Waals surface area contributed by atoms with Gasteiger partial charge in [0.05, 0.1) is 28.4 Å². The zero-order valence-electron chi connectivity index (χ0n) is 18.7. The van der Waals surface area contributed by atoms with Gasteiger partial charge in [0.15, 0.2) is 29.5 Å². The Morgan fingerprint density at radius 1 is 0.774 bits per heavy atom. The highest BCUT2D eigenvalue weighted by Gasteiger charge is 2.25. The number of hydrogen-bond donors (Lipinski definition) is 3. The SMILES string of the molecule is COc1ccc(C[NH+]2CC[NH+](CC(=O)Nc3ccc(OC)c(OC)c3)CC2)cc1OC. The lowest BCUT2D eigenvalue weighted by molar-refractivity contribution is -1.02. The van der Waals surface area contributed by atoms with E-state index in [2.05, 4.69) is 11.4 Å². The first kappa shape index (κ1) is 22.7. The molecule has 0 radical (unpaired) electrons. The molecule has 0 bridgehead atoms. The van der Waals surface area contributed by atoms with Crippen molar-refractivity contribution >= 4 is 11.6 Å². The Hall–Kier alpha value is -2.97. The Labute approximate surface area is 183 Å². The second-order valence-electron chi connectivity index (χ2n) is 7.66. The van der Waals surface area contributed by atoms with Crippen LogP contribution in [0, 0.1) is 0 Å². The van der Waals surface area contributed by atoms with E-state index in [1.807, 2.05) is 18.2 Å². The van der Waals surface area contributed by atoms with Crippen LogP contribution in [0.2, 0.25) is 0 Å². The first-order chi connectivity index (χ1) is 15.1. The molecule has 1 fully saturated rings. The molecule has 0 aromatic heterocycles. The van der Waals surface area contributed by atoms with Gasteiger partial charge in [-0.3, -0.25) is 4.79 Å². The van der Waals surface area contributed by atoms with Gasteiger partial charge in [-0.2, -0.15) is 0 Å². The Morgan fingerprint density at radius 2 is 1.32 bits per heavy atom. The quantitative estimate of drug-likeness (QED) is 0.506. The summed E-state index contributed by atoms with van der Waals surface area (Å²) < 4.78 is 21.3. The molecule has 0 aliphatic carbocycles. The molecule has 0 spiro atoms. The van der Waals surface area contributed by atoms with Gasteiger partial charge in [-0.25, -0.2) is 0 Å². The first-order valence-corrected chi connectivity index (χ1v) is 10.5. The molecule has 8 heteroatoms. The van der Waals surface area contributed by atoms with Crippen molar-refractivity contribution in [3.05, 3.63) is 42.0 Å². The Morgan fingerprint density at radius 3 is 1.94 bits per heavy atom. The van der Waals surface area contributed by atoms with E-state index >= 15 is 0 Å². The monoisotopic (exact) mass is 431 g/mol. The van der Waals surface area contributed by atoms with Crippen LogP contribution in [0.4, 0.5) is 5.69 Å². The molecule has 1 saturated heterocycles. The molecule has 1 aliphatic heterocycles. The first-order valence-electron chi connectivity index (χ1n) is 10.5. The summed E-state index contributed by atoms with van der Waals surface area (Å²) >= 11 is 0. The maximum atomic E-state index is 12.5. The van der Waals surface area contributed by atoms with Crippen LogP contribution in [0.15, 0.2) is 36.4 Å². The Kier molecular flexibility index (Phi) is 7.97. The van der Waals surface area contributed by atoms with Gasteiger partial charge in [0.2, 0.25) is 0 Å². The number of quaternary nitrogens is 2. The van der Waals surface area contributed by atoms with Gasteiger partial charge in [-0.15, -0.1) is 0 Å². The van der Waals surface area contributed by atoms with Gasteiger partial charge in [0.1, 0.15) is 32.7 Å². The minimum Gasteiger partial charge on any atom is -0.493 e. The van der Waals surface area contributed by atoms with E-state index in [-0.39, 0.29) is 5.91 Å². The molecular weight excluding hydrogens is 398 g/mol. The third kappa shape index (κ3) is 6.02. The average molecular weight is 432 g/mol. The number of methoxy groups -OCH3 is 4. The van der Waals surface area contributed by atoms with Gasteiger partial charge >= 0.3 is 0 Å². The second kappa shape index (κ2) is 10.9. The summed E-state index contributed by atoms with van der Waals surface area (Å²) in [5.74, 6) is 2.75. The van der Waals surface area contributed by atoms with Crippen LogP contribution in [-0.4, -0.2) is 67.1 Å². The summed E-state index contributed by atoms with van der Waals surface area (Å²) in [5.41, 5.74) is 1.93. The molecule has 0 atom stereocenters. The standard InChI is InChI=1S/C23H31N3O5/c1-28-19-7-5-17(13-21(19)30-3)15-25-9-11-26(12-10-25)16-23(27)24-18-6-8-20(29-2)22(14-18)31-4/h5-8,13-14H,9-12,15-16H2,1-4H3,(H,24,27)/p+2. The molecule has 1 aliphatic rings. The van der Waals surface area contributed by atoms with Crippen LogP contribution in [0.5, 0.6) is 23.0 Å². The van der Waals surface area contributed by atoms with Gasteiger partial charge < -0.3 is 34.1 Å². The highest BCUT2D eigenvalue weighted by Crippen LogP contribution is 2.29. The summed E-state index contributed by atoms with van der Waals surface area (Å²) in [6.07, 6.45) is 0. The van der Waals surface area contributed by atoms with E-state index in [0.717, 1.165) is 44.2 Å². The van der Waals surface area contributed by atoms with Gasteiger partial charge in [0, 0.05) is 17.3 Å². The third-order valence-electron chi connectivity index (χ3n) is 5.64. The molecule has 0 saturated carbocycles. The predicted octanol–water partition coefficient (Wildman–Crippen LogP) is -0.357. The maximum Gasteiger partial charge on any atom is 0.279 e. The third-order valence-corrected chi connectivity index (χ3v) is 5.64. The molecule has 1 heterocycles. The van der Waals surface area contributed by atoms with Crippen molar-refractivity contribution in [1.29, 1.82) is 0 Å². The summed E-state index contributed by atoms with van der Waals surface area (Å²) in [5, 5.41) is 2.96. The number of nitrogens with one attached hydrogen (secondary N) is 3. The fourth-order valence-electron chi connectivity index (χ4n) is 3.94. The molecule has 3 rings (SSSR count). The van der Waals surface area contributed by atoms with Crippen molar-refractivity contribution in [2.45, 2.75) is 6.54 Å². The summed E-state index contributed by atoms with van der Waals surface area (Å²) in [4.78, 5) is 15.3. The smallest absolute Gasteiger partial charge is 0.279 e. The molecule has 0 unspecified atom stereocenters. The largest absolute Gasteiger partial charge is 0.493 e. The molecule has 31 heavy (non-hydrogen) atoms. The highest BCUT2D eigenvalue weighted by atomic mass is 16.5. The van der Waals surface area contributed by atoms with Crippen LogP contribution in [0.25, 0.3) is 0 Å². The minimum atomic E-state index is 0.00515. The zero-order valence-corrected chi connectivity index (χ0v) is 18.7. The molecule has 3 N–H and O–H groups in total. The highest BCUT2D eigenvalue weighted by molar-refractivity contribution is 5.91. The summed E-state index contributed by atoms with van der Waals surface area (Å²) in [6.45, 7) is 5.36. The van der Waals surface area contributed by atoms with E-state index in [1.54, 1.807) is 40.6 Å². The van der Waals surface area contributed by atoms with E-state index in [1.165, 1.54) is 15.4 Å². The molecule has 168 valence electrons. The molecule has 2 aromatic carbocycles. The molecule has 2 aromatic rings. The predicted molar refractivity (Wildman–Crippen MR) is 118 cm³/mol. The van der Waals surface area contributed by atoms with Gasteiger partial charge in [-0.1, -0.05) is 0 Å². The molecular formula is C23H33N3O5+2. The number of benzene rings is 2. The van der Waals surface area contributed by atoms with Crippen LogP contribution in [0.3, 0.4) is 0 Å². The minimum absolute atomic E-state index is 0.00515. The number of hydrogen-bond acceptors (Lipinski definition) is 5. The second-order valence-corrected chi connectivity index (χ2v) is 7.66. The van der Waals surface area contributed by atoms with Crippen molar-refractivity contribution in [2.24, 2.45) is 0 Å². The summed E-state index contributed by atoms with van der Waals surface area (Å²) in [6, 6.07) is 11.5. The number of ether oxygens (including phenoxy) is 4. The number of anilines is 1. The van der Waals surface area contributed by atoms with E-state index < -0.39 is 0 Å². The van der Waals surface area contributed by atoms with Crippen molar-refractivity contribution in [3.8, 4) is 23.0 Å². The van der Waals surface area contributed by atoms with Crippen LogP contribution in [0.1, 0.15) is 5.56 Å². The number of carbonyl (C=O) groups is 1. The Balaban J connectivity index is 1.47. The molecule has 8 nitrogen and oxygen atoms in total. The van der Waals surface area contributed by atoms with Crippen molar-refractivity contribution in [1.82, 2.24) is 0 Å². The van der Waals surface area contributed by atoms with E-state index in [4.69, 9.17) is 18.9 Å². The average Bonchev–Trinajstić information content (AvgIpc) is 2.80. The number of rotatable bonds is 9. The maximum absolute atomic E-state index is 12.5. The number of piperazine rings is 1. The Bertz CT molecular complexity index is 882. The number of amides is 1. The lowest BCUT2D eigenvalue weighted by Crippen LogP contribution is -3.28.